The van der Waals surface area contributed by atoms with Crippen molar-refractivity contribution in [2.24, 2.45) is 5.92 Å². The van der Waals surface area contributed by atoms with Crippen molar-refractivity contribution in [3.63, 3.8) is 0 Å². The molecule has 0 saturated heterocycles. The Bertz CT molecular complexity index is 848. The molecule has 0 spiro atoms. The van der Waals surface area contributed by atoms with Crippen molar-refractivity contribution in [1.29, 1.82) is 0 Å². The molecule has 0 aliphatic rings. The average Bonchev–Trinajstić information content (AvgIpc) is 2.77. The Morgan fingerprint density at radius 1 is 1.13 bits per heavy atom. The van der Waals surface area contributed by atoms with Crippen LogP contribution >= 0.6 is 28.6 Å². The molecule has 168 valence electrons. The third-order valence-electron chi connectivity index (χ3n) is 4.38. The SMILES string of the molecule is C[C@H](CCOC(=O)CS)[C@@H](OC(=O)Nc1ccc(Br)cc1)c1ccccc1OCCO. The number of thiol groups is 1. The maximum atomic E-state index is 12.6. The third-order valence-corrected chi connectivity index (χ3v) is 5.17. The van der Waals surface area contributed by atoms with Crippen LogP contribution in [0.1, 0.15) is 25.0 Å². The fraction of sp³-hybridized carbons (Fsp3) is 0.364. The Labute approximate surface area is 195 Å². The van der Waals surface area contributed by atoms with Gasteiger partial charge in [0, 0.05) is 21.6 Å². The van der Waals surface area contributed by atoms with Gasteiger partial charge in [-0.2, -0.15) is 12.6 Å². The van der Waals surface area contributed by atoms with Crippen LogP contribution in [0, 0.1) is 5.92 Å². The van der Waals surface area contributed by atoms with E-state index in [0.717, 1.165) is 4.47 Å². The van der Waals surface area contributed by atoms with Crippen LogP contribution in [0.2, 0.25) is 0 Å². The number of aliphatic hydroxyl groups excluding tert-OH is 1. The third kappa shape index (κ3) is 8.43. The summed E-state index contributed by atoms with van der Waals surface area (Å²) >= 11 is 7.24. The molecule has 0 saturated carbocycles. The number of anilines is 1. The predicted molar refractivity (Wildman–Crippen MR) is 125 cm³/mol. The van der Waals surface area contributed by atoms with Gasteiger partial charge in [0.2, 0.25) is 0 Å². The maximum Gasteiger partial charge on any atom is 0.412 e. The molecular weight excluding hydrogens is 486 g/mol. The molecule has 0 aliphatic carbocycles. The van der Waals surface area contributed by atoms with Gasteiger partial charge in [-0.15, -0.1) is 0 Å². The Balaban J connectivity index is 2.17. The number of benzene rings is 2. The number of nitrogens with one attached hydrogen (secondary N) is 1. The van der Waals surface area contributed by atoms with E-state index in [-0.39, 0.29) is 31.5 Å². The van der Waals surface area contributed by atoms with Gasteiger partial charge < -0.3 is 19.3 Å². The molecule has 0 bridgehead atoms. The van der Waals surface area contributed by atoms with Crippen LogP contribution in [0.25, 0.3) is 0 Å². The number of ether oxygens (including phenoxy) is 3. The van der Waals surface area contributed by atoms with Gasteiger partial charge in [-0.05, 0) is 36.8 Å². The van der Waals surface area contributed by atoms with Crippen molar-refractivity contribution in [3.05, 3.63) is 58.6 Å². The number of hydrogen-bond donors (Lipinski definition) is 3. The van der Waals surface area contributed by atoms with Crippen molar-refractivity contribution in [2.75, 3.05) is 30.9 Å². The van der Waals surface area contributed by atoms with Crippen LogP contribution < -0.4 is 10.1 Å². The number of para-hydroxylation sites is 1. The van der Waals surface area contributed by atoms with Crippen molar-refractivity contribution < 1.29 is 28.9 Å². The Hall–Kier alpha value is -2.23. The Kier molecular flexibility index (Phi) is 10.7. The number of halogens is 1. The van der Waals surface area contributed by atoms with Crippen molar-refractivity contribution in [1.82, 2.24) is 0 Å². The van der Waals surface area contributed by atoms with Crippen LogP contribution in [0.3, 0.4) is 0 Å². The molecule has 31 heavy (non-hydrogen) atoms. The van der Waals surface area contributed by atoms with Crippen molar-refractivity contribution in [2.45, 2.75) is 19.4 Å². The summed E-state index contributed by atoms with van der Waals surface area (Å²) in [5.74, 6) is -0.0889. The van der Waals surface area contributed by atoms with Gasteiger partial charge in [-0.3, -0.25) is 10.1 Å². The summed E-state index contributed by atoms with van der Waals surface area (Å²) in [6, 6.07) is 14.3. The molecule has 0 aromatic heterocycles. The van der Waals surface area contributed by atoms with E-state index < -0.39 is 18.2 Å². The molecule has 2 aromatic rings. The summed E-state index contributed by atoms with van der Waals surface area (Å²) in [7, 11) is 0. The molecule has 0 unspecified atom stereocenters. The van der Waals surface area contributed by atoms with Crippen LogP contribution in [0.4, 0.5) is 10.5 Å². The maximum absolute atomic E-state index is 12.6. The van der Waals surface area contributed by atoms with Crippen LogP contribution in [0.15, 0.2) is 53.0 Å². The number of rotatable bonds is 11. The zero-order valence-electron chi connectivity index (χ0n) is 17.1. The van der Waals surface area contributed by atoms with Gasteiger partial charge in [0.25, 0.3) is 0 Å². The number of hydrogen-bond acceptors (Lipinski definition) is 7. The fourth-order valence-electron chi connectivity index (χ4n) is 2.84. The molecule has 2 atom stereocenters. The first kappa shape index (κ1) is 25.0. The summed E-state index contributed by atoms with van der Waals surface area (Å²) in [4.78, 5) is 24.0. The molecule has 1 amide bonds. The lowest BCUT2D eigenvalue weighted by atomic mass is 9.94. The van der Waals surface area contributed by atoms with Gasteiger partial charge in [0.15, 0.2) is 0 Å². The van der Waals surface area contributed by atoms with E-state index in [1.165, 1.54) is 0 Å². The first-order chi connectivity index (χ1) is 14.9. The fourth-order valence-corrected chi connectivity index (χ4v) is 3.20. The van der Waals surface area contributed by atoms with Crippen molar-refractivity contribution in [3.8, 4) is 5.75 Å². The zero-order chi connectivity index (χ0) is 22.6. The van der Waals surface area contributed by atoms with E-state index in [4.69, 9.17) is 19.3 Å². The van der Waals surface area contributed by atoms with Crippen LogP contribution in [-0.2, 0) is 14.3 Å². The van der Waals surface area contributed by atoms with Gasteiger partial charge in [0.05, 0.1) is 19.0 Å². The molecule has 0 fully saturated rings. The Morgan fingerprint density at radius 3 is 2.52 bits per heavy atom. The number of aliphatic hydroxyl groups is 1. The minimum absolute atomic E-state index is 0.00172. The molecule has 7 nitrogen and oxygen atoms in total. The van der Waals surface area contributed by atoms with E-state index in [1.54, 1.807) is 30.3 Å². The first-order valence-corrected chi connectivity index (χ1v) is 11.2. The monoisotopic (exact) mass is 511 g/mol. The topological polar surface area (TPSA) is 94.1 Å². The average molecular weight is 512 g/mol. The van der Waals surface area contributed by atoms with Gasteiger partial charge in [-0.1, -0.05) is 41.1 Å². The van der Waals surface area contributed by atoms with Gasteiger partial charge >= 0.3 is 12.1 Å². The van der Waals surface area contributed by atoms with E-state index in [1.807, 2.05) is 25.1 Å². The summed E-state index contributed by atoms with van der Waals surface area (Å²) in [5, 5.41) is 11.8. The molecule has 0 aliphatic heterocycles. The molecule has 2 N–H and O–H groups in total. The molecular formula is C22H26BrNO6S. The van der Waals surface area contributed by atoms with Gasteiger partial charge in [0.1, 0.15) is 18.5 Å². The highest BCUT2D eigenvalue weighted by molar-refractivity contribution is 9.10. The Morgan fingerprint density at radius 2 is 1.84 bits per heavy atom. The standard InChI is InChI=1S/C22H26BrNO6S/c1-15(10-12-29-20(26)14-31)21(18-4-2-3-5-19(18)28-13-11-25)30-22(27)24-17-8-6-16(23)7-9-17/h2-9,15,21,25,31H,10-14H2,1H3,(H,24,27)/t15-,21-/m1/s1. The lowest BCUT2D eigenvalue weighted by molar-refractivity contribution is -0.141. The minimum Gasteiger partial charge on any atom is -0.491 e. The van der Waals surface area contributed by atoms with Crippen LogP contribution in [0.5, 0.6) is 5.75 Å². The minimum atomic E-state index is -0.667. The number of carbonyl (C=O) groups is 2. The van der Waals surface area contributed by atoms with Gasteiger partial charge in [-0.25, -0.2) is 4.79 Å². The second kappa shape index (κ2) is 13.2. The number of esters is 1. The number of carbonyl (C=O) groups excluding carboxylic acids is 2. The second-order valence-corrected chi connectivity index (χ2v) is 7.94. The summed E-state index contributed by atoms with van der Waals surface area (Å²) in [6.45, 7) is 2.05. The van der Waals surface area contributed by atoms with E-state index >= 15 is 0 Å². The first-order valence-electron chi connectivity index (χ1n) is 9.76. The second-order valence-electron chi connectivity index (χ2n) is 6.71. The lowest BCUT2D eigenvalue weighted by Crippen LogP contribution is -2.24. The normalized spacial score (nSPS) is 12.5. The highest BCUT2D eigenvalue weighted by Gasteiger charge is 2.27. The van der Waals surface area contributed by atoms with Crippen LogP contribution in [-0.4, -0.2) is 42.7 Å². The predicted octanol–water partition coefficient (Wildman–Crippen LogP) is 4.61. The van der Waals surface area contributed by atoms with E-state index in [0.29, 0.717) is 23.4 Å². The molecule has 0 radical (unpaired) electrons. The lowest BCUT2D eigenvalue weighted by Gasteiger charge is -2.26. The summed E-state index contributed by atoms with van der Waals surface area (Å²) < 4.78 is 17.4. The molecule has 9 heteroatoms. The van der Waals surface area contributed by atoms with Crippen molar-refractivity contribution >= 4 is 46.3 Å². The summed E-state index contributed by atoms with van der Waals surface area (Å²) in [5.41, 5.74) is 1.25. The summed E-state index contributed by atoms with van der Waals surface area (Å²) in [6.07, 6.45) is -0.826. The molecule has 2 rings (SSSR count). The number of amides is 1. The zero-order valence-corrected chi connectivity index (χ0v) is 19.6. The highest BCUT2D eigenvalue weighted by Crippen LogP contribution is 2.35. The van der Waals surface area contributed by atoms with E-state index in [9.17, 15) is 9.59 Å². The molecule has 2 aromatic carbocycles. The molecule has 0 heterocycles. The smallest absolute Gasteiger partial charge is 0.412 e. The quantitative estimate of drug-likeness (QED) is 0.301. The largest absolute Gasteiger partial charge is 0.491 e. The van der Waals surface area contributed by atoms with E-state index in [2.05, 4.69) is 33.9 Å². The highest BCUT2D eigenvalue weighted by atomic mass is 79.9.